The van der Waals surface area contributed by atoms with Gasteiger partial charge in [-0.2, -0.15) is 0 Å². The lowest BCUT2D eigenvalue weighted by Crippen LogP contribution is -2.04. The van der Waals surface area contributed by atoms with E-state index in [2.05, 4.69) is 5.32 Å². The zero-order valence-corrected chi connectivity index (χ0v) is 11.9. The van der Waals surface area contributed by atoms with Gasteiger partial charge in [-0.15, -0.1) is 0 Å². The number of esters is 1. The summed E-state index contributed by atoms with van der Waals surface area (Å²) in [6.07, 6.45) is 0. The van der Waals surface area contributed by atoms with Crippen molar-refractivity contribution in [1.29, 1.82) is 0 Å². The van der Waals surface area contributed by atoms with Crippen LogP contribution in [0.15, 0.2) is 42.5 Å². The molecule has 0 saturated heterocycles. The fraction of sp³-hybridized carbons (Fsp3) is 0.188. The number of hydrogen-bond donors (Lipinski definition) is 1. The first-order chi connectivity index (χ1) is 10.1. The van der Waals surface area contributed by atoms with Crippen molar-refractivity contribution in [3.8, 4) is 5.75 Å². The van der Waals surface area contributed by atoms with E-state index in [-0.39, 0.29) is 11.7 Å². The fourth-order valence-electron chi connectivity index (χ4n) is 1.85. The van der Waals surface area contributed by atoms with Crippen molar-refractivity contribution in [3.05, 3.63) is 53.8 Å². The molecule has 0 aliphatic carbocycles. The number of rotatable bonds is 5. The van der Waals surface area contributed by atoms with Gasteiger partial charge in [-0.05, 0) is 37.3 Å². The number of carbonyl (C=O) groups excluding carboxylic acids is 1. The topological polar surface area (TPSA) is 47.6 Å². The number of carbonyl (C=O) groups is 1. The summed E-state index contributed by atoms with van der Waals surface area (Å²) in [4.78, 5) is 11.7. The molecular weight excluding hydrogens is 273 g/mol. The Labute approximate surface area is 122 Å². The van der Waals surface area contributed by atoms with E-state index in [0.717, 1.165) is 0 Å². The van der Waals surface area contributed by atoms with Gasteiger partial charge in [-0.3, -0.25) is 0 Å². The van der Waals surface area contributed by atoms with Crippen molar-refractivity contribution in [2.45, 2.75) is 6.92 Å². The summed E-state index contributed by atoms with van der Waals surface area (Å²) in [6.45, 7) is 2.07. The molecule has 0 aromatic heterocycles. The second-order valence-electron chi connectivity index (χ2n) is 4.28. The largest absolute Gasteiger partial charge is 0.494 e. The molecule has 0 fully saturated rings. The van der Waals surface area contributed by atoms with E-state index in [0.29, 0.717) is 23.5 Å². The second kappa shape index (κ2) is 6.74. The summed E-state index contributed by atoms with van der Waals surface area (Å²) in [7, 11) is 1.41. The van der Waals surface area contributed by atoms with Crippen molar-refractivity contribution in [1.82, 2.24) is 0 Å². The average Bonchev–Trinajstić information content (AvgIpc) is 2.48. The van der Waals surface area contributed by atoms with E-state index in [1.165, 1.54) is 19.2 Å². The summed E-state index contributed by atoms with van der Waals surface area (Å²) in [5.41, 5.74) is 1.68. The highest BCUT2D eigenvalue weighted by Gasteiger charge is 2.08. The Kier molecular flexibility index (Phi) is 4.77. The molecule has 1 N–H and O–H groups in total. The zero-order valence-electron chi connectivity index (χ0n) is 11.9. The molecule has 0 saturated carbocycles. The first-order valence-corrected chi connectivity index (χ1v) is 6.51. The molecule has 0 bridgehead atoms. The molecule has 0 amide bonds. The summed E-state index contributed by atoms with van der Waals surface area (Å²) in [6, 6.07) is 11.4. The lowest BCUT2D eigenvalue weighted by Gasteiger charge is -2.09. The van der Waals surface area contributed by atoms with Crippen molar-refractivity contribution < 1.29 is 18.7 Å². The Morgan fingerprint density at radius 3 is 2.62 bits per heavy atom. The fourth-order valence-corrected chi connectivity index (χ4v) is 1.85. The minimum absolute atomic E-state index is 0.181. The Morgan fingerprint density at radius 2 is 1.95 bits per heavy atom. The lowest BCUT2D eigenvalue weighted by molar-refractivity contribution is 0.0526. The molecule has 4 nitrogen and oxygen atoms in total. The number of anilines is 2. The van der Waals surface area contributed by atoms with E-state index in [1.54, 1.807) is 37.3 Å². The van der Waals surface area contributed by atoms with Gasteiger partial charge in [-0.1, -0.05) is 6.07 Å². The smallest absolute Gasteiger partial charge is 0.338 e. The zero-order chi connectivity index (χ0) is 15.2. The minimum atomic E-state index is -0.455. The summed E-state index contributed by atoms with van der Waals surface area (Å²) in [5.74, 6) is -0.660. The number of ether oxygens (including phenoxy) is 2. The van der Waals surface area contributed by atoms with E-state index in [1.807, 2.05) is 0 Å². The van der Waals surface area contributed by atoms with Gasteiger partial charge in [0, 0.05) is 17.4 Å². The van der Waals surface area contributed by atoms with Gasteiger partial charge in [0.1, 0.15) is 0 Å². The number of methoxy groups -OCH3 is 1. The molecule has 2 rings (SSSR count). The number of benzene rings is 2. The first-order valence-electron chi connectivity index (χ1n) is 6.51. The van der Waals surface area contributed by atoms with E-state index >= 15 is 0 Å². The Hall–Kier alpha value is -2.56. The average molecular weight is 289 g/mol. The summed E-state index contributed by atoms with van der Waals surface area (Å²) >= 11 is 0. The second-order valence-corrected chi connectivity index (χ2v) is 4.28. The maximum atomic E-state index is 13.6. The number of hydrogen-bond acceptors (Lipinski definition) is 4. The van der Waals surface area contributed by atoms with Gasteiger partial charge < -0.3 is 14.8 Å². The first kappa shape index (κ1) is 14.8. The Bertz CT molecular complexity index is 643. The highest BCUT2D eigenvalue weighted by Crippen LogP contribution is 2.24. The predicted molar refractivity (Wildman–Crippen MR) is 78.6 cm³/mol. The van der Waals surface area contributed by atoms with Gasteiger partial charge in [0.15, 0.2) is 11.6 Å². The number of nitrogens with one attached hydrogen (secondary N) is 1. The molecule has 110 valence electrons. The SMILES string of the molecule is CCOC(=O)c1cccc(Nc2ccc(OC)c(F)c2)c1. The molecule has 0 radical (unpaired) electrons. The third-order valence-corrected chi connectivity index (χ3v) is 2.81. The lowest BCUT2D eigenvalue weighted by atomic mass is 10.2. The van der Waals surface area contributed by atoms with Crippen molar-refractivity contribution >= 4 is 17.3 Å². The monoisotopic (exact) mass is 289 g/mol. The molecule has 0 unspecified atom stereocenters. The van der Waals surface area contributed by atoms with Crippen LogP contribution >= 0.6 is 0 Å². The predicted octanol–water partition coefficient (Wildman–Crippen LogP) is 3.75. The normalized spacial score (nSPS) is 10.0. The third-order valence-electron chi connectivity index (χ3n) is 2.81. The van der Waals surface area contributed by atoms with Crippen molar-refractivity contribution in [2.24, 2.45) is 0 Å². The minimum Gasteiger partial charge on any atom is -0.494 e. The molecule has 0 aliphatic heterocycles. The van der Waals surface area contributed by atoms with Crippen molar-refractivity contribution in [3.63, 3.8) is 0 Å². The van der Waals surface area contributed by atoms with E-state index in [9.17, 15) is 9.18 Å². The Morgan fingerprint density at radius 1 is 1.19 bits per heavy atom. The summed E-state index contributed by atoms with van der Waals surface area (Å²) < 4.78 is 23.4. The molecule has 21 heavy (non-hydrogen) atoms. The van der Waals surface area contributed by atoms with Crippen LogP contribution in [-0.2, 0) is 4.74 Å². The van der Waals surface area contributed by atoms with Crippen LogP contribution in [0.1, 0.15) is 17.3 Å². The third kappa shape index (κ3) is 3.72. The molecule has 0 spiro atoms. The maximum absolute atomic E-state index is 13.6. The van der Waals surface area contributed by atoms with Crippen LogP contribution in [0.25, 0.3) is 0 Å². The highest BCUT2D eigenvalue weighted by atomic mass is 19.1. The van der Waals surface area contributed by atoms with Gasteiger partial charge in [0.2, 0.25) is 0 Å². The van der Waals surface area contributed by atoms with Crippen LogP contribution in [0.4, 0.5) is 15.8 Å². The molecular formula is C16H16FNO3. The van der Waals surface area contributed by atoms with Crippen LogP contribution in [0.5, 0.6) is 5.75 Å². The van der Waals surface area contributed by atoms with Gasteiger partial charge in [-0.25, -0.2) is 9.18 Å². The van der Waals surface area contributed by atoms with Crippen LogP contribution < -0.4 is 10.1 Å². The standard InChI is InChI=1S/C16H16FNO3/c1-3-21-16(19)11-5-4-6-12(9-11)18-13-7-8-15(20-2)14(17)10-13/h4-10,18H,3H2,1-2H3. The highest BCUT2D eigenvalue weighted by molar-refractivity contribution is 5.90. The molecule has 0 atom stereocenters. The number of halogens is 1. The Balaban J connectivity index is 2.18. The van der Waals surface area contributed by atoms with Crippen LogP contribution in [0.2, 0.25) is 0 Å². The maximum Gasteiger partial charge on any atom is 0.338 e. The van der Waals surface area contributed by atoms with Gasteiger partial charge in [0.25, 0.3) is 0 Å². The van der Waals surface area contributed by atoms with Crippen LogP contribution in [0, 0.1) is 5.82 Å². The van der Waals surface area contributed by atoms with Gasteiger partial charge >= 0.3 is 5.97 Å². The molecule has 2 aromatic carbocycles. The summed E-state index contributed by atoms with van der Waals surface area (Å²) in [5, 5.41) is 3.03. The molecule has 0 aliphatic rings. The molecule has 0 heterocycles. The van der Waals surface area contributed by atoms with Crippen LogP contribution in [0.3, 0.4) is 0 Å². The van der Waals surface area contributed by atoms with E-state index in [4.69, 9.17) is 9.47 Å². The molecule has 5 heteroatoms. The quantitative estimate of drug-likeness (QED) is 0.851. The van der Waals surface area contributed by atoms with E-state index < -0.39 is 5.82 Å². The van der Waals surface area contributed by atoms with Gasteiger partial charge in [0.05, 0.1) is 19.3 Å². The van der Waals surface area contributed by atoms with Crippen molar-refractivity contribution in [2.75, 3.05) is 19.0 Å². The molecule has 2 aromatic rings. The van der Waals surface area contributed by atoms with Crippen LogP contribution in [-0.4, -0.2) is 19.7 Å².